The van der Waals surface area contributed by atoms with E-state index in [-0.39, 0.29) is 12.2 Å². The lowest BCUT2D eigenvalue weighted by atomic mass is 9.95. The molecule has 4 rings (SSSR count). The van der Waals surface area contributed by atoms with E-state index >= 15 is 0 Å². The average Bonchev–Trinajstić information content (AvgIpc) is 3.33. The maximum atomic E-state index is 13.1. The van der Waals surface area contributed by atoms with Crippen LogP contribution in [0.2, 0.25) is 0 Å². The van der Waals surface area contributed by atoms with Gasteiger partial charge in [-0.1, -0.05) is 30.3 Å². The number of aromatic nitrogens is 1. The van der Waals surface area contributed by atoms with Gasteiger partial charge in [0.2, 0.25) is 0 Å². The molecule has 2 fully saturated rings. The molecule has 2 aromatic rings. The minimum absolute atomic E-state index is 0.0711. The zero-order valence-electron chi connectivity index (χ0n) is 16.2. The van der Waals surface area contributed by atoms with E-state index in [2.05, 4.69) is 42.7 Å². The second-order valence-corrected chi connectivity index (χ2v) is 7.60. The summed E-state index contributed by atoms with van der Waals surface area (Å²) in [6, 6.07) is 12.4. The molecule has 1 aromatic carbocycles. The Balaban J connectivity index is 1.44. The lowest BCUT2D eigenvalue weighted by molar-refractivity contribution is -0.0956. The van der Waals surface area contributed by atoms with Gasteiger partial charge in [0.05, 0.1) is 18.8 Å². The maximum absolute atomic E-state index is 13.1. The Hall–Kier alpha value is -2.11. The fourth-order valence-corrected chi connectivity index (χ4v) is 4.22. The van der Waals surface area contributed by atoms with E-state index in [1.165, 1.54) is 5.56 Å². The number of hydrogen-bond donors (Lipinski definition) is 0. The number of aryl methyl sites for hydroxylation is 1. The first-order chi connectivity index (χ1) is 13.1. The minimum atomic E-state index is -0.0711. The molecule has 2 aliphatic rings. The summed E-state index contributed by atoms with van der Waals surface area (Å²) in [5.74, 6) is 0.552. The molecule has 144 valence electrons. The van der Waals surface area contributed by atoms with Gasteiger partial charge in [0.25, 0.3) is 5.91 Å². The topological polar surface area (TPSA) is 43.7 Å². The molecule has 2 saturated heterocycles. The molecule has 0 spiro atoms. The molecule has 0 atom stereocenters. The standard InChI is InChI=1S/C22H28N2O3/c1-16-14-20(17(2)24(16)15-18-6-4-3-5-7-18)21(25)23-10-8-19(9-11-23)22-26-12-13-27-22/h3-7,14,19,22H,8-13,15H2,1-2H3. The number of benzene rings is 1. The van der Waals surface area contributed by atoms with Gasteiger partial charge in [-0.2, -0.15) is 0 Å². The molecule has 3 heterocycles. The van der Waals surface area contributed by atoms with Gasteiger partial charge in [-0.3, -0.25) is 4.79 Å². The highest BCUT2D eigenvalue weighted by Crippen LogP contribution is 2.27. The Morgan fingerprint density at radius 3 is 2.41 bits per heavy atom. The number of carbonyl (C=O) groups is 1. The molecule has 27 heavy (non-hydrogen) atoms. The molecule has 0 N–H and O–H groups in total. The van der Waals surface area contributed by atoms with Crippen molar-refractivity contribution >= 4 is 5.91 Å². The summed E-state index contributed by atoms with van der Waals surface area (Å²) >= 11 is 0. The zero-order chi connectivity index (χ0) is 18.8. The van der Waals surface area contributed by atoms with Crippen LogP contribution < -0.4 is 0 Å². The van der Waals surface area contributed by atoms with Crippen molar-refractivity contribution in [2.45, 2.75) is 39.5 Å². The molecule has 0 aliphatic carbocycles. The molecule has 2 aliphatic heterocycles. The molecule has 0 radical (unpaired) electrons. The van der Waals surface area contributed by atoms with Gasteiger partial charge in [0.1, 0.15) is 0 Å². The Morgan fingerprint density at radius 1 is 1.07 bits per heavy atom. The molecular formula is C22H28N2O3. The Labute approximate surface area is 160 Å². The lowest BCUT2D eigenvalue weighted by Crippen LogP contribution is -2.41. The van der Waals surface area contributed by atoms with Crippen LogP contribution in [-0.2, 0) is 16.0 Å². The summed E-state index contributed by atoms with van der Waals surface area (Å²) in [7, 11) is 0. The summed E-state index contributed by atoms with van der Waals surface area (Å²) in [5.41, 5.74) is 4.25. The maximum Gasteiger partial charge on any atom is 0.255 e. The molecule has 0 bridgehead atoms. The summed E-state index contributed by atoms with van der Waals surface area (Å²) in [5, 5.41) is 0. The van der Waals surface area contributed by atoms with Crippen molar-refractivity contribution in [3.8, 4) is 0 Å². The van der Waals surface area contributed by atoms with E-state index in [0.717, 1.165) is 49.4 Å². The van der Waals surface area contributed by atoms with Crippen molar-refractivity contribution in [3.63, 3.8) is 0 Å². The molecule has 5 nitrogen and oxygen atoms in total. The van der Waals surface area contributed by atoms with Crippen LogP contribution in [0.25, 0.3) is 0 Å². The summed E-state index contributed by atoms with van der Waals surface area (Å²) < 4.78 is 13.5. The highest BCUT2D eigenvalue weighted by Gasteiger charge is 2.32. The molecule has 1 aromatic heterocycles. The van der Waals surface area contributed by atoms with Gasteiger partial charge in [0, 0.05) is 36.9 Å². The number of piperidine rings is 1. The molecule has 1 amide bonds. The number of ether oxygens (including phenoxy) is 2. The third kappa shape index (κ3) is 3.80. The number of carbonyl (C=O) groups excluding carboxylic acids is 1. The Kier molecular flexibility index (Phi) is 5.32. The monoisotopic (exact) mass is 368 g/mol. The van der Waals surface area contributed by atoms with Gasteiger partial charge in [-0.25, -0.2) is 0 Å². The SMILES string of the molecule is Cc1cc(C(=O)N2CCC(C3OCCO3)CC2)c(C)n1Cc1ccccc1. The quantitative estimate of drug-likeness (QED) is 0.831. The van der Waals surface area contributed by atoms with Crippen LogP contribution in [0.5, 0.6) is 0 Å². The van der Waals surface area contributed by atoms with E-state index < -0.39 is 0 Å². The third-order valence-electron chi connectivity index (χ3n) is 5.85. The summed E-state index contributed by atoms with van der Waals surface area (Å²) in [6.45, 7) is 7.85. The van der Waals surface area contributed by atoms with Crippen LogP contribution in [0.3, 0.4) is 0 Å². The highest BCUT2D eigenvalue weighted by atomic mass is 16.7. The van der Waals surface area contributed by atoms with Crippen molar-refractivity contribution in [1.29, 1.82) is 0 Å². The predicted molar refractivity (Wildman–Crippen MR) is 104 cm³/mol. The average molecular weight is 368 g/mol. The van der Waals surface area contributed by atoms with Crippen molar-refractivity contribution < 1.29 is 14.3 Å². The Bertz CT molecular complexity index is 785. The van der Waals surface area contributed by atoms with Gasteiger partial charge in [-0.15, -0.1) is 0 Å². The van der Waals surface area contributed by atoms with Crippen LogP contribution in [0, 0.1) is 19.8 Å². The van der Waals surface area contributed by atoms with Gasteiger partial charge < -0.3 is 18.9 Å². The first-order valence-corrected chi connectivity index (χ1v) is 9.86. The first kappa shape index (κ1) is 18.3. The largest absolute Gasteiger partial charge is 0.350 e. The fourth-order valence-electron chi connectivity index (χ4n) is 4.22. The normalized spacial score (nSPS) is 19.0. The second-order valence-electron chi connectivity index (χ2n) is 7.60. The van der Waals surface area contributed by atoms with Crippen LogP contribution in [0.1, 0.15) is 40.2 Å². The van der Waals surface area contributed by atoms with Crippen molar-refractivity contribution in [1.82, 2.24) is 9.47 Å². The fraction of sp³-hybridized carbons (Fsp3) is 0.500. The first-order valence-electron chi connectivity index (χ1n) is 9.86. The van der Waals surface area contributed by atoms with Crippen molar-refractivity contribution in [2.75, 3.05) is 26.3 Å². The highest BCUT2D eigenvalue weighted by molar-refractivity contribution is 5.95. The van der Waals surface area contributed by atoms with Gasteiger partial charge in [0.15, 0.2) is 6.29 Å². The van der Waals surface area contributed by atoms with E-state index in [1.54, 1.807) is 0 Å². The van der Waals surface area contributed by atoms with Crippen molar-refractivity contribution in [3.05, 3.63) is 58.9 Å². The smallest absolute Gasteiger partial charge is 0.255 e. The molecule has 5 heteroatoms. The van der Waals surface area contributed by atoms with Crippen LogP contribution in [0.15, 0.2) is 36.4 Å². The zero-order valence-corrected chi connectivity index (χ0v) is 16.2. The summed E-state index contributed by atoms with van der Waals surface area (Å²) in [4.78, 5) is 15.1. The van der Waals surface area contributed by atoms with E-state index in [4.69, 9.17) is 9.47 Å². The summed E-state index contributed by atoms with van der Waals surface area (Å²) in [6.07, 6.45) is 1.82. The van der Waals surface area contributed by atoms with Crippen LogP contribution >= 0.6 is 0 Å². The van der Waals surface area contributed by atoms with Crippen LogP contribution in [0.4, 0.5) is 0 Å². The number of rotatable bonds is 4. The number of amides is 1. The van der Waals surface area contributed by atoms with E-state index in [0.29, 0.717) is 19.1 Å². The minimum Gasteiger partial charge on any atom is -0.350 e. The van der Waals surface area contributed by atoms with Gasteiger partial charge >= 0.3 is 0 Å². The Morgan fingerprint density at radius 2 is 1.74 bits per heavy atom. The predicted octanol–water partition coefficient (Wildman–Crippen LogP) is 3.38. The number of likely N-dealkylation sites (tertiary alicyclic amines) is 1. The van der Waals surface area contributed by atoms with Crippen molar-refractivity contribution in [2.24, 2.45) is 5.92 Å². The molecule has 0 saturated carbocycles. The van der Waals surface area contributed by atoms with Crippen LogP contribution in [-0.4, -0.2) is 48.0 Å². The molecular weight excluding hydrogens is 340 g/mol. The van der Waals surface area contributed by atoms with Gasteiger partial charge in [-0.05, 0) is 38.3 Å². The van der Waals surface area contributed by atoms with E-state index in [9.17, 15) is 4.79 Å². The number of hydrogen-bond acceptors (Lipinski definition) is 3. The lowest BCUT2D eigenvalue weighted by Gasteiger charge is -2.33. The second kappa shape index (κ2) is 7.87. The van der Waals surface area contributed by atoms with E-state index in [1.807, 2.05) is 17.0 Å². The molecule has 0 unspecified atom stereocenters. The number of nitrogens with zero attached hydrogens (tertiary/aromatic N) is 2. The third-order valence-corrected chi connectivity index (χ3v) is 5.85.